The summed E-state index contributed by atoms with van der Waals surface area (Å²) in [4.78, 5) is 40.9. The average Bonchev–Trinajstić information content (AvgIpc) is 3.64. The molecule has 0 bridgehead atoms. The lowest BCUT2D eigenvalue weighted by atomic mass is 10.0. The van der Waals surface area contributed by atoms with E-state index in [1.165, 1.54) is 16.9 Å². The van der Waals surface area contributed by atoms with Crippen LogP contribution in [0.2, 0.25) is 0 Å². The molecule has 5 N–H and O–H groups in total. The molecule has 0 spiro atoms. The number of halogens is 2. The number of nitrogen functional groups attached to an aromatic ring is 1. The van der Waals surface area contributed by atoms with Gasteiger partial charge in [-0.3, -0.25) is 19.8 Å². The zero-order valence-electron chi connectivity index (χ0n) is 24.5. The number of carbonyl (C=O) groups excluding carboxylic acids is 3. The molecule has 3 amide bonds. The number of benzene rings is 2. The van der Waals surface area contributed by atoms with E-state index in [0.29, 0.717) is 23.0 Å². The molecule has 1 fully saturated rings. The summed E-state index contributed by atoms with van der Waals surface area (Å²) >= 11 is 1.30. The normalized spacial score (nSPS) is 17.0. The molecule has 13 heteroatoms. The molecule has 2 heterocycles. The summed E-state index contributed by atoms with van der Waals surface area (Å²) < 4.78 is 36.4. The van der Waals surface area contributed by atoms with Gasteiger partial charge in [0.2, 0.25) is 11.8 Å². The Morgan fingerprint density at radius 3 is 2.25 bits per heavy atom. The van der Waals surface area contributed by atoms with Crippen molar-refractivity contribution in [1.29, 1.82) is 5.41 Å². The van der Waals surface area contributed by atoms with E-state index < -0.39 is 49.1 Å². The quantitative estimate of drug-likeness (QED) is 0.168. The van der Waals surface area contributed by atoms with Crippen LogP contribution in [-0.2, 0) is 14.3 Å². The van der Waals surface area contributed by atoms with Gasteiger partial charge in [0.1, 0.15) is 23.4 Å². The van der Waals surface area contributed by atoms with Crippen LogP contribution in [0, 0.1) is 5.41 Å². The van der Waals surface area contributed by atoms with E-state index in [-0.39, 0.29) is 24.4 Å². The number of hydrogen-bond donors (Lipinski definition) is 4. The monoisotopic (exact) mass is 627 g/mol. The fourth-order valence-electron chi connectivity index (χ4n) is 4.76. The lowest BCUT2D eigenvalue weighted by Crippen LogP contribution is -2.49. The lowest BCUT2D eigenvalue weighted by Gasteiger charge is -2.25. The van der Waals surface area contributed by atoms with Crippen LogP contribution in [0.3, 0.4) is 0 Å². The van der Waals surface area contributed by atoms with E-state index in [1.807, 2.05) is 24.3 Å². The zero-order chi connectivity index (χ0) is 32.0. The fraction of sp³-hybridized carbons (Fsp3) is 0.355. The van der Waals surface area contributed by atoms with Crippen molar-refractivity contribution in [2.75, 3.05) is 13.1 Å². The molecule has 10 nitrogen and oxygen atoms in total. The number of nitrogens with zero attached hydrogens (tertiary/aromatic N) is 1. The van der Waals surface area contributed by atoms with Gasteiger partial charge in [-0.25, -0.2) is 0 Å². The number of carbonyl (C=O) groups is 3. The van der Waals surface area contributed by atoms with Gasteiger partial charge in [-0.05, 0) is 60.9 Å². The van der Waals surface area contributed by atoms with Gasteiger partial charge in [0.25, 0.3) is 5.91 Å². The largest absolute Gasteiger partial charge is 0.457 e. The number of hydrogen-bond acceptors (Lipinski definition) is 7. The van der Waals surface area contributed by atoms with E-state index in [0.717, 1.165) is 9.78 Å². The number of rotatable bonds is 12. The van der Waals surface area contributed by atoms with Gasteiger partial charge in [0.05, 0.1) is 18.7 Å². The summed E-state index contributed by atoms with van der Waals surface area (Å²) in [5.41, 5.74) is 7.50. The molecule has 3 atom stereocenters. The summed E-state index contributed by atoms with van der Waals surface area (Å²) in [7, 11) is 0. The van der Waals surface area contributed by atoms with Crippen LogP contribution in [0.25, 0.3) is 0 Å². The van der Waals surface area contributed by atoms with E-state index in [4.69, 9.17) is 15.9 Å². The Kier molecular flexibility index (Phi) is 10.7. The number of alkyl halides is 2. The fourth-order valence-corrected chi connectivity index (χ4v) is 5.67. The predicted molar refractivity (Wildman–Crippen MR) is 162 cm³/mol. The molecule has 1 aliphatic rings. The molecule has 1 aromatic heterocycles. The minimum atomic E-state index is -3.07. The van der Waals surface area contributed by atoms with E-state index in [2.05, 4.69) is 29.2 Å². The van der Waals surface area contributed by atoms with Gasteiger partial charge >= 0.3 is 6.61 Å². The Bertz CT molecular complexity index is 1480. The van der Waals surface area contributed by atoms with Crippen LogP contribution in [0.1, 0.15) is 65.5 Å². The van der Waals surface area contributed by atoms with Crippen LogP contribution in [-0.4, -0.2) is 60.3 Å². The molecule has 44 heavy (non-hydrogen) atoms. The van der Waals surface area contributed by atoms with Gasteiger partial charge in [-0.2, -0.15) is 8.78 Å². The summed E-state index contributed by atoms with van der Waals surface area (Å²) in [6.07, 6.45) is -1.19. The van der Waals surface area contributed by atoms with Crippen molar-refractivity contribution >= 4 is 34.9 Å². The topological polar surface area (TPSA) is 147 Å². The second-order valence-corrected chi connectivity index (χ2v) is 11.7. The maximum Gasteiger partial charge on any atom is 0.345 e. The van der Waals surface area contributed by atoms with Crippen molar-refractivity contribution < 1.29 is 32.6 Å². The van der Waals surface area contributed by atoms with E-state index >= 15 is 0 Å². The summed E-state index contributed by atoms with van der Waals surface area (Å²) in [6.45, 7) is 2.18. The highest BCUT2D eigenvalue weighted by Gasteiger charge is 2.41. The van der Waals surface area contributed by atoms with Gasteiger partial charge in [0.15, 0.2) is 0 Å². The van der Waals surface area contributed by atoms with Crippen LogP contribution in [0.15, 0.2) is 60.0 Å². The predicted octanol–water partition coefficient (Wildman–Crippen LogP) is 4.76. The number of amidine groups is 1. The average molecular weight is 628 g/mol. The smallest absolute Gasteiger partial charge is 0.345 e. The van der Waals surface area contributed by atoms with Gasteiger partial charge < -0.3 is 30.7 Å². The maximum absolute atomic E-state index is 13.2. The number of nitrogens with two attached hydrogens (primary N) is 1. The minimum absolute atomic E-state index is 0.107. The maximum atomic E-state index is 13.2. The van der Waals surface area contributed by atoms with Crippen LogP contribution >= 0.6 is 11.3 Å². The first-order valence-corrected chi connectivity index (χ1v) is 14.9. The van der Waals surface area contributed by atoms with Crippen LogP contribution < -0.4 is 21.1 Å². The molecule has 0 aliphatic carbocycles. The highest BCUT2D eigenvalue weighted by Crippen LogP contribution is 2.27. The van der Waals surface area contributed by atoms with Crippen molar-refractivity contribution in [1.82, 2.24) is 15.5 Å². The molecule has 0 radical (unpaired) electrons. The Morgan fingerprint density at radius 1 is 1.05 bits per heavy atom. The summed E-state index contributed by atoms with van der Waals surface area (Å²) in [5, 5.41) is 14.6. The van der Waals surface area contributed by atoms with Crippen molar-refractivity contribution in [3.05, 3.63) is 81.5 Å². The number of amides is 3. The van der Waals surface area contributed by atoms with Crippen molar-refractivity contribution in [3.8, 4) is 11.5 Å². The minimum Gasteiger partial charge on any atom is -0.457 e. The number of likely N-dealkylation sites (tertiary alicyclic amines) is 1. The SMILES string of the molecule is CC(C)c1ccc(Oc2ccc(C(=O)NCC(=O)N3C[C@H](OC(F)F)C[C@H]3C(=O)NC(C)c3cc(C(=N)N)cs3)cc2)cc1. The number of thiophene rings is 1. The first-order chi connectivity index (χ1) is 20.9. The number of nitrogens with one attached hydrogen (secondary N) is 3. The first kappa shape index (κ1) is 32.6. The highest BCUT2D eigenvalue weighted by molar-refractivity contribution is 7.10. The van der Waals surface area contributed by atoms with Gasteiger partial charge in [-0.15, -0.1) is 11.3 Å². The third-order valence-electron chi connectivity index (χ3n) is 7.20. The Labute approximate surface area is 258 Å². The Morgan fingerprint density at radius 2 is 1.68 bits per heavy atom. The lowest BCUT2D eigenvalue weighted by molar-refractivity contribution is -0.160. The summed E-state index contributed by atoms with van der Waals surface area (Å²) in [5.74, 6) is -0.223. The van der Waals surface area contributed by atoms with E-state index in [9.17, 15) is 23.2 Å². The number of ether oxygens (including phenoxy) is 2. The molecular formula is C31H35F2N5O5S. The standard InChI is InChI=1S/C31H35F2N5O5S/c1-17(2)19-4-8-22(9-5-19)42-23-10-6-20(7-11-23)29(40)36-14-27(39)38-15-24(43-31(32)33)13-25(38)30(41)37-18(3)26-12-21(16-44-26)28(34)35/h4-12,16-18,24-25,31H,13-15H2,1-3H3,(H3,34,35)(H,36,40)(H,37,41)/t18?,24-,25+/m1/s1. The molecule has 234 valence electrons. The van der Waals surface area contributed by atoms with Gasteiger partial charge in [-0.1, -0.05) is 26.0 Å². The second-order valence-electron chi connectivity index (χ2n) is 10.7. The second kappa shape index (κ2) is 14.4. The molecule has 2 aromatic carbocycles. The zero-order valence-corrected chi connectivity index (χ0v) is 25.3. The molecule has 1 unspecified atom stereocenters. The molecular weight excluding hydrogens is 592 g/mol. The third-order valence-corrected chi connectivity index (χ3v) is 8.31. The van der Waals surface area contributed by atoms with Crippen LogP contribution in [0.5, 0.6) is 11.5 Å². The third kappa shape index (κ3) is 8.38. The van der Waals surface area contributed by atoms with E-state index in [1.54, 1.807) is 42.6 Å². The Balaban J connectivity index is 1.35. The highest BCUT2D eigenvalue weighted by atomic mass is 32.1. The van der Waals surface area contributed by atoms with Crippen LogP contribution in [0.4, 0.5) is 8.78 Å². The van der Waals surface area contributed by atoms with Gasteiger partial charge in [0, 0.05) is 34.3 Å². The first-order valence-electron chi connectivity index (χ1n) is 14.0. The van der Waals surface area contributed by atoms with Crippen molar-refractivity contribution in [2.24, 2.45) is 5.73 Å². The molecule has 1 aliphatic heterocycles. The van der Waals surface area contributed by atoms with Crippen molar-refractivity contribution in [2.45, 2.75) is 57.9 Å². The summed E-state index contributed by atoms with van der Waals surface area (Å²) in [6, 6.07) is 14.2. The van der Waals surface area contributed by atoms with Crippen molar-refractivity contribution in [3.63, 3.8) is 0 Å². The molecule has 1 saturated heterocycles. The molecule has 4 rings (SSSR count). The Hall–Kier alpha value is -4.36. The molecule has 0 saturated carbocycles. The molecule has 3 aromatic rings.